The second-order valence-corrected chi connectivity index (χ2v) is 5.19. The fourth-order valence-electron chi connectivity index (χ4n) is 2.66. The van der Waals surface area contributed by atoms with Crippen molar-refractivity contribution in [1.29, 1.82) is 0 Å². The molecule has 3 N–H and O–H groups in total. The summed E-state index contributed by atoms with van der Waals surface area (Å²) < 4.78 is 5.21. The minimum atomic E-state index is -0.121. The van der Waals surface area contributed by atoms with Crippen molar-refractivity contribution in [2.45, 2.75) is 13.3 Å². The molecular formula is C15H23N3O2. The van der Waals surface area contributed by atoms with Gasteiger partial charge in [-0.1, -0.05) is 13.0 Å². The van der Waals surface area contributed by atoms with Crippen molar-refractivity contribution in [3.8, 4) is 5.75 Å². The molecule has 1 heterocycles. The zero-order valence-electron chi connectivity index (χ0n) is 12.2. The first kappa shape index (κ1) is 14.7. The molecule has 0 aliphatic carbocycles. The molecule has 0 spiro atoms. The van der Waals surface area contributed by atoms with Crippen LogP contribution in [0.2, 0.25) is 0 Å². The predicted molar refractivity (Wildman–Crippen MR) is 80.0 cm³/mol. The van der Waals surface area contributed by atoms with Crippen LogP contribution in [0.25, 0.3) is 0 Å². The van der Waals surface area contributed by atoms with Crippen LogP contribution in [0, 0.1) is 5.92 Å². The Balaban J connectivity index is 1.94. The Morgan fingerprint density at radius 2 is 2.35 bits per heavy atom. The number of anilines is 1. The van der Waals surface area contributed by atoms with Gasteiger partial charge in [0.1, 0.15) is 0 Å². The monoisotopic (exact) mass is 277 g/mol. The van der Waals surface area contributed by atoms with Gasteiger partial charge in [0.15, 0.2) is 5.75 Å². The van der Waals surface area contributed by atoms with Gasteiger partial charge in [-0.25, -0.2) is 0 Å². The molecule has 0 bridgehead atoms. The normalized spacial score (nSPS) is 19.0. The van der Waals surface area contributed by atoms with Crippen LogP contribution in [-0.4, -0.2) is 44.1 Å². The standard InChI is InChI=1S/C15H23N3O2/c1-3-18-8-7-11(10-18)9-17-15(19)12-5-4-6-13(16)14(12)20-2/h4-6,11H,3,7-10,16H2,1-2H3,(H,17,19). The third-order valence-electron chi connectivity index (χ3n) is 3.86. The van der Waals surface area contributed by atoms with Gasteiger partial charge >= 0.3 is 0 Å². The number of nitrogens with zero attached hydrogens (tertiary/aromatic N) is 1. The molecule has 1 unspecified atom stereocenters. The second-order valence-electron chi connectivity index (χ2n) is 5.19. The van der Waals surface area contributed by atoms with Crippen molar-refractivity contribution < 1.29 is 9.53 Å². The van der Waals surface area contributed by atoms with E-state index in [4.69, 9.17) is 10.5 Å². The minimum Gasteiger partial charge on any atom is -0.494 e. The summed E-state index contributed by atoms with van der Waals surface area (Å²) in [6, 6.07) is 5.23. The second kappa shape index (κ2) is 6.61. The summed E-state index contributed by atoms with van der Waals surface area (Å²) in [6.07, 6.45) is 1.14. The summed E-state index contributed by atoms with van der Waals surface area (Å²) in [5.74, 6) is 0.863. The van der Waals surface area contributed by atoms with Gasteiger partial charge in [0.05, 0.1) is 18.4 Å². The van der Waals surface area contributed by atoms with E-state index in [1.165, 1.54) is 7.11 Å². The van der Waals surface area contributed by atoms with Crippen LogP contribution >= 0.6 is 0 Å². The Hall–Kier alpha value is -1.75. The minimum absolute atomic E-state index is 0.121. The maximum Gasteiger partial charge on any atom is 0.255 e. The molecule has 0 saturated carbocycles. The van der Waals surface area contributed by atoms with Crippen molar-refractivity contribution >= 4 is 11.6 Å². The molecule has 1 aromatic rings. The van der Waals surface area contributed by atoms with E-state index in [0.29, 0.717) is 29.5 Å². The highest BCUT2D eigenvalue weighted by molar-refractivity contribution is 5.98. The van der Waals surface area contributed by atoms with Crippen molar-refractivity contribution in [3.63, 3.8) is 0 Å². The lowest BCUT2D eigenvalue weighted by molar-refractivity contribution is 0.0944. The number of nitrogen functional groups attached to an aromatic ring is 1. The first-order valence-electron chi connectivity index (χ1n) is 7.08. The zero-order valence-corrected chi connectivity index (χ0v) is 12.2. The van der Waals surface area contributed by atoms with Gasteiger partial charge in [-0.3, -0.25) is 4.79 Å². The summed E-state index contributed by atoms with van der Waals surface area (Å²) >= 11 is 0. The average molecular weight is 277 g/mol. The van der Waals surface area contributed by atoms with Gasteiger partial charge in [-0.15, -0.1) is 0 Å². The summed E-state index contributed by atoms with van der Waals surface area (Å²) in [7, 11) is 1.53. The van der Waals surface area contributed by atoms with Crippen LogP contribution in [0.4, 0.5) is 5.69 Å². The largest absolute Gasteiger partial charge is 0.494 e. The summed E-state index contributed by atoms with van der Waals surface area (Å²) in [4.78, 5) is 14.6. The highest BCUT2D eigenvalue weighted by Gasteiger charge is 2.22. The Morgan fingerprint density at radius 3 is 3.00 bits per heavy atom. The Bertz CT molecular complexity index is 476. The van der Waals surface area contributed by atoms with E-state index in [1.54, 1.807) is 18.2 Å². The van der Waals surface area contributed by atoms with Gasteiger partial charge < -0.3 is 20.7 Å². The van der Waals surface area contributed by atoms with E-state index in [1.807, 2.05) is 0 Å². The molecule has 1 aliphatic rings. The van der Waals surface area contributed by atoms with Crippen LogP contribution < -0.4 is 15.8 Å². The van der Waals surface area contributed by atoms with Crippen molar-refractivity contribution in [2.75, 3.05) is 39.0 Å². The van der Waals surface area contributed by atoms with E-state index in [9.17, 15) is 4.79 Å². The molecule has 5 nitrogen and oxygen atoms in total. The number of hydrogen-bond acceptors (Lipinski definition) is 4. The highest BCUT2D eigenvalue weighted by atomic mass is 16.5. The number of likely N-dealkylation sites (tertiary alicyclic amines) is 1. The first-order chi connectivity index (χ1) is 9.65. The lowest BCUT2D eigenvalue weighted by Crippen LogP contribution is -2.31. The summed E-state index contributed by atoms with van der Waals surface area (Å²) in [6.45, 7) is 6.13. The first-order valence-corrected chi connectivity index (χ1v) is 7.08. The van der Waals surface area contributed by atoms with Crippen LogP contribution in [0.15, 0.2) is 18.2 Å². The summed E-state index contributed by atoms with van der Waals surface area (Å²) in [5.41, 5.74) is 6.79. The molecule has 110 valence electrons. The Labute approximate surface area is 120 Å². The maximum absolute atomic E-state index is 12.2. The van der Waals surface area contributed by atoms with Gasteiger partial charge in [0, 0.05) is 13.1 Å². The number of benzene rings is 1. The van der Waals surface area contributed by atoms with E-state index >= 15 is 0 Å². The van der Waals surface area contributed by atoms with E-state index in [-0.39, 0.29) is 5.91 Å². The number of carbonyl (C=O) groups is 1. The van der Waals surface area contributed by atoms with Gasteiger partial charge in [-0.2, -0.15) is 0 Å². The van der Waals surface area contributed by atoms with Crippen molar-refractivity contribution in [3.05, 3.63) is 23.8 Å². The number of para-hydroxylation sites is 1. The molecule has 1 aromatic carbocycles. The fourth-order valence-corrected chi connectivity index (χ4v) is 2.66. The molecule has 0 aromatic heterocycles. The number of amides is 1. The molecule has 2 rings (SSSR count). The molecule has 1 atom stereocenters. The lowest BCUT2D eigenvalue weighted by Gasteiger charge is -2.15. The quantitative estimate of drug-likeness (QED) is 0.797. The van der Waals surface area contributed by atoms with Crippen LogP contribution in [0.1, 0.15) is 23.7 Å². The molecule has 1 aliphatic heterocycles. The van der Waals surface area contributed by atoms with Crippen LogP contribution in [-0.2, 0) is 0 Å². The topological polar surface area (TPSA) is 67.6 Å². The van der Waals surface area contributed by atoms with Gasteiger partial charge in [-0.05, 0) is 37.6 Å². The SMILES string of the molecule is CCN1CCC(CNC(=O)c2cccc(N)c2OC)C1. The Kier molecular flexibility index (Phi) is 4.84. The third-order valence-corrected chi connectivity index (χ3v) is 3.86. The number of rotatable bonds is 5. The third kappa shape index (κ3) is 3.22. The zero-order chi connectivity index (χ0) is 14.5. The highest BCUT2D eigenvalue weighted by Crippen LogP contribution is 2.25. The molecule has 1 amide bonds. The smallest absolute Gasteiger partial charge is 0.255 e. The van der Waals surface area contributed by atoms with E-state index in [0.717, 1.165) is 26.1 Å². The van der Waals surface area contributed by atoms with Crippen LogP contribution in [0.5, 0.6) is 5.75 Å². The number of nitrogens with two attached hydrogens (primary N) is 1. The molecule has 1 saturated heterocycles. The predicted octanol–water partition coefficient (Wildman–Crippen LogP) is 1.35. The average Bonchev–Trinajstić information content (AvgIpc) is 2.92. The number of nitrogens with one attached hydrogen (secondary N) is 1. The van der Waals surface area contributed by atoms with Crippen molar-refractivity contribution in [1.82, 2.24) is 10.2 Å². The van der Waals surface area contributed by atoms with Gasteiger partial charge in [0.2, 0.25) is 0 Å². The van der Waals surface area contributed by atoms with Crippen LogP contribution in [0.3, 0.4) is 0 Å². The van der Waals surface area contributed by atoms with E-state index < -0.39 is 0 Å². The number of hydrogen-bond donors (Lipinski definition) is 2. The van der Waals surface area contributed by atoms with E-state index in [2.05, 4.69) is 17.1 Å². The molecule has 0 radical (unpaired) electrons. The summed E-state index contributed by atoms with van der Waals surface area (Å²) in [5, 5.41) is 2.99. The van der Waals surface area contributed by atoms with Gasteiger partial charge in [0.25, 0.3) is 5.91 Å². The van der Waals surface area contributed by atoms with Crippen molar-refractivity contribution in [2.24, 2.45) is 5.92 Å². The number of methoxy groups -OCH3 is 1. The lowest BCUT2D eigenvalue weighted by atomic mass is 10.1. The molecular weight excluding hydrogens is 254 g/mol. The molecule has 5 heteroatoms. The number of carbonyl (C=O) groups excluding carboxylic acids is 1. The molecule has 20 heavy (non-hydrogen) atoms. The maximum atomic E-state index is 12.2. The Morgan fingerprint density at radius 1 is 1.55 bits per heavy atom. The number of ether oxygens (including phenoxy) is 1. The fraction of sp³-hybridized carbons (Fsp3) is 0.533. The molecule has 1 fully saturated rings.